The van der Waals surface area contributed by atoms with Gasteiger partial charge in [0.2, 0.25) is 5.91 Å². The molecule has 0 aliphatic rings. The lowest BCUT2D eigenvalue weighted by Gasteiger charge is -1.87. The first-order valence-corrected chi connectivity index (χ1v) is 2.25. The topological polar surface area (TPSA) is 69.1 Å². The van der Waals surface area contributed by atoms with Crippen LogP contribution >= 0.6 is 12.4 Å². The first-order chi connectivity index (χ1) is 3.27. The number of amides is 1. The number of hydrogen-bond acceptors (Lipinski definition) is 2. The maximum atomic E-state index is 9.92. The summed E-state index contributed by atoms with van der Waals surface area (Å²) in [4.78, 5) is 9.92. The van der Waals surface area contributed by atoms with E-state index in [4.69, 9.17) is 11.5 Å². The van der Waals surface area contributed by atoms with Crippen LogP contribution in [0.4, 0.5) is 0 Å². The average Bonchev–Trinajstić information content (AvgIpc) is 1.61. The van der Waals surface area contributed by atoms with Gasteiger partial charge < -0.3 is 11.5 Å². The maximum Gasteiger partial charge on any atom is 0.217 e. The molecule has 50 valence electrons. The van der Waals surface area contributed by atoms with Crippen LogP contribution in [0.5, 0.6) is 0 Å². The Balaban J connectivity index is 0. The van der Waals surface area contributed by atoms with Crippen molar-refractivity contribution in [1.82, 2.24) is 0 Å². The van der Waals surface area contributed by atoms with E-state index in [0.29, 0.717) is 19.4 Å². The van der Waals surface area contributed by atoms with Crippen LogP contribution in [0.15, 0.2) is 0 Å². The fraction of sp³-hybridized carbons (Fsp3) is 0.750. The molecule has 0 aromatic carbocycles. The number of nitrogens with two attached hydrogens (primary N) is 2. The summed E-state index contributed by atoms with van der Waals surface area (Å²) in [6, 6.07) is 0. The molecule has 0 rings (SSSR count). The van der Waals surface area contributed by atoms with Crippen LogP contribution in [0.2, 0.25) is 0 Å². The zero-order valence-corrected chi connectivity index (χ0v) is 5.41. The van der Waals surface area contributed by atoms with Crippen molar-refractivity contribution in [1.29, 1.82) is 0 Å². The van der Waals surface area contributed by atoms with E-state index in [0.717, 1.165) is 0 Å². The summed E-state index contributed by atoms with van der Waals surface area (Å²) in [6.07, 6.45) is 1.12. The standard InChI is InChI=1S/C4H10N2O.ClH/c5-3-1-2-4(6)7;/h1-3,5H2,(H2,6,7);1H. The molecule has 0 bridgehead atoms. The highest BCUT2D eigenvalue weighted by atomic mass is 35.5. The van der Waals surface area contributed by atoms with Gasteiger partial charge in [-0.3, -0.25) is 4.79 Å². The minimum atomic E-state index is -0.273. The Morgan fingerprint density at radius 2 is 2.00 bits per heavy atom. The van der Waals surface area contributed by atoms with E-state index >= 15 is 0 Å². The van der Waals surface area contributed by atoms with E-state index in [9.17, 15) is 4.79 Å². The number of rotatable bonds is 3. The zero-order chi connectivity index (χ0) is 5.70. The molecule has 0 fully saturated rings. The largest absolute Gasteiger partial charge is 0.370 e. The van der Waals surface area contributed by atoms with Crippen molar-refractivity contribution >= 4 is 18.3 Å². The first-order valence-electron chi connectivity index (χ1n) is 2.25. The van der Waals surface area contributed by atoms with Crippen molar-refractivity contribution in [3.05, 3.63) is 0 Å². The molecule has 4 heteroatoms. The summed E-state index contributed by atoms with van der Waals surface area (Å²) in [5.41, 5.74) is 9.85. The smallest absolute Gasteiger partial charge is 0.217 e. The Morgan fingerprint density at radius 1 is 1.50 bits per heavy atom. The molecule has 0 aliphatic carbocycles. The van der Waals surface area contributed by atoms with Gasteiger partial charge in [0.1, 0.15) is 0 Å². The highest BCUT2D eigenvalue weighted by Crippen LogP contribution is 1.80. The van der Waals surface area contributed by atoms with E-state index < -0.39 is 0 Å². The number of halogens is 1. The van der Waals surface area contributed by atoms with Crippen molar-refractivity contribution in [3.8, 4) is 0 Å². The normalized spacial score (nSPS) is 7.62. The van der Waals surface area contributed by atoms with Crippen molar-refractivity contribution in [3.63, 3.8) is 0 Å². The Kier molecular flexibility index (Phi) is 8.95. The van der Waals surface area contributed by atoms with Gasteiger partial charge in [0, 0.05) is 6.42 Å². The SMILES string of the molecule is Cl.NCCCC(N)=O. The Morgan fingerprint density at radius 3 is 2.12 bits per heavy atom. The first kappa shape index (κ1) is 10.7. The lowest BCUT2D eigenvalue weighted by molar-refractivity contribution is -0.118. The molecular weight excluding hydrogens is 128 g/mol. The van der Waals surface area contributed by atoms with Crippen LogP contribution in [-0.2, 0) is 4.79 Å². The molecule has 0 heterocycles. The second-order valence-corrected chi connectivity index (χ2v) is 1.36. The van der Waals surface area contributed by atoms with Gasteiger partial charge >= 0.3 is 0 Å². The van der Waals surface area contributed by atoms with Crippen molar-refractivity contribution in [2.45, 2.75) is 12.8 Å². The number of carbonyl (C=O) groups excluding carboxylic acids is 1. The number of primary amides is 1. The molecule has 3 nitrogen and oxygen atoms in total. The summed E-state index contributed by atoms with van der Waals surface area (Å²) in [6.45, 7) is 0.545. The van der Waals surface area contributed by atoms with Crippen molar-refractivity contribution < 1.29 is 4.79 Å². The Bertz CT molecular complexity index is 67.1. The maximum absolute atomic E-state index is 9.92. The van der Waals surface area contributed by atoms with Crippen molar-refractivity contribution in [2.24, 2.45) is 11.5 Å². The summed E-state index contributed by atoms with van der Waals surface area (Å²) in [5, 5.41) is 0. The fourth-order valence-corrected chi connectivity index (χ4v) is 0.276. The summed E-state index contributed by atoms with van der Waals surface area (Å²) < 4.78 is 0. The van der Waals surface area contributed by atoms with E-state index in [-0.39, 0.29) is 18.3 Å². The Hall–Kier alpha value is -0.280. The van der Waals surface area contributed by atoms with Crippen LogP contribution in [0.3, 0.4) is 0 Å². The molecule has 0 spiro atoms. The lowest BCUT2D eigenvalue weighted by atomic mass is 10.3. The average molecular weight is 139 g/mol. The molecule has 0 aliphatic heterocycles. The summed E-state index contributed by atoms with van der Waals surface area (Å²) in [7, 11) is 0. The molecule has 0 aromatic rings. The van der Waals surface area contributed by atoms with E-state index in [1.165, 1.54) is 0 Å². The van der Waals surface area contributed by atoms with Crippen LogP contribution in [0.1, 0.15) is 12.8 Å². The highest BCUT2D eigenvalue weighted by Gasteiger charge is 1.88. The fourth-order valence-electron chi connectivity index (χ4n) is 0.276. The van der Waals surface area contributed by atoms with Crippen LogP contribution < -0.4 is 11.5 Å². The van der Waals surface area contributed by atoms with Gasteiger partial charge in [0.25, 0.3) is 0 Å². The second-order valence-electron chi connectivity index (χ2n) is 1.36. The molecule has 1 amide bonds. The Labute approximate surface area is 54.8 Å². The predicted molar refractivity (Wildman–Crippen MR) is 34.7 cm³/mol. The third-order valence-electron chi connectivity index (χ3n) is 0.627. The molecule has 0 saturated heterocycles. The molecule has 4 N–H and O–H groups in total. The van der Waals surface area contributed by atoms with Crippen LogP contribution in [-0.4, -0.2) is 12.5 Å². The van der Waals surface area contributed by atoms with Gasteiger partial charge in [-0.15, -0.1) is 12.4 Å². The van der Waals surface area contributed by atoms with Gasteiger partial charge in [-0.25, -0.2) is 0 Å². The molecule has 0 atom stereocenters. The van der Waals surface area contributed by atoms with E-state index in [1.54, 1.807) is 0 Å². The van der Waals surface area contributed by atoms with E-state index in [1.807, 2.05) is 0 Å². The molecule has 0 unspecified atom stereocenters. The monoisotopic (exact) mass is 138 g/mol. The second kappa shape index (κ2) is 6.72. The van der Waals surface area contributed by atoms with Gasteiger partial charge in [0.15, 0.2) is 0 Å². The number of carbonyl (C=O) groups is 1. The zero-order valence-electron chi connectivity index (χ0n) is 4.59. The van der Waals surface area contributed by atoms with E-state index in [2.05, 4.69) is 0 Å². The van der Waals surface area contributed by atoms with Crippen molar-refractivity contribution in [2.75, 3.05) is 6.54 Å². The minimum Gasteiger partial charge on any atom is -0.370 e. The third kappa shape index (κ3) is 9.21. The third-order valence-corrected chi connectivity index (χ3v) is 0.627. The summed E-state index contributed by atoms with van der Waals surface area (Å²) in [5.74, 6) is -0.273. The van der Waals surface area contributed by atoms with Gasteiger partial charge in [-0.1, -0.05) is 0 Å². The molecule has 0 radical (unpaired) electrons. The molecule has 0 saturated carbocycles. The minimum absolute atomic E-state index is 0. The number of hydrogen-bond donors (Lipinski definition) is 2. The lowest BCUT2D eigenvalue weighted by Crippen LogP contribution is -2.12. The van der Waals surface area contributed by atoms with Crippen LogP contribution in [0, 0.1) is 0 Å². The predicted octanol–water partition coefficient (Wildman–Crippen LogP) is -0.368. The molecule has 8 heavy (non-hydrogen) atoms. The van der Waals surface area contributed by atoms with Crippen LogP contribution in [0.25, 0.3) is 0 Å². The van der Waals surface area contributed by atoms with Gasteiger partial charge in [-0.05, 0) is 13.0 Å². The molecular formula is C4H11ClN2O. The molecule has 0 aromatic heterocycles. The quantitative estimate of drug-likeness (QED) is 0.559. The van der Waals surface area contributed by atoms with Gasteiger partial charge in [0.05, 0.1) is 0 Å². The summed E-state index contributed by atoms with van der Waals surface area (Å²) >= 11 is 0. The van der Waals surface area contributed by atoms with Gasteiger partial charge in [-0.2, -0.15) is 0 Å². The highest BCUT2D eigenvalue weighted by molar-refractivity contribution is 5.85.